The number of aromatic nitrogens is 1. The molecule has 0 bridgehead atoms. The molecule has 1 fully saturated rings. The van der Waals surface area contributed by atoms with Gasteiger partial charge in [0.1, 0.15) is 5.75 Å². The van der Waals surface area contributed by atoms with Crippen molar-refractivity contribution in [2.75, 3.05) is 26.8 Å². The van der Waals surface area contributed by atoms with Crippen LogP contribution in [0.5, 0.6) is 5.75 Å². The lowest BCUT2D eigenvalue weighted by molar-refractivity contribution is -0.120. The molecule has 1 amide bonds. The fraction of sp³-hybridized carbons (Fsp3) is 0.333. The average Bonchev–Trinajstić information content (AvgIpc) is 2.78. The normalized spacial score (nSPS) is 14.4. The predicted molar refractivity (Wildman–Crippen MR) is 129 cm³/mol. The van der Waals surface area contributed by atoms with Crippen LogP contribution in [0.3, 0.4) is 0 Å². The van der Waals surface area contributed by atoms with E-state index in [4.69, 9.17) is 9.47 Å². The summed E-state index contributed by atoms with van der Waals surface area (Å²) in [6.45, 7) is 5.24. The topological polar surface area (TPSA) is 63.7 Å². The number of aryl methyl sites for hydroxylation is 1. The lowest BCUT2D eigenvalue weighted by Gasteiger charge is -2.37. The first kappa shape index (κ1) is 23.0. The zero-order valence-corrected chi connectivity index (χ0v) is 19.3. The van der Waals surface area contributed by atoms with E-state index >= 15 is 0 Å². The molecule has 2 heterocycles. The van der Waals surface area contributed by atoms with Crippen molar-refractivity contribution >= 4 is 5.91 Å². The Hall–Kier alpha value is -3.22. The number of hydrogen-bond acceptors (Lipinski definition) is 5. The van der Waals surface area contributed by atoms with Gasteiger partial charge in [-0.2, -0.15) is 0 Å². The van der Waals surface area contributed by atoms with Crippen LogP contribution >= 0.6 is 0 Å². The minimum absolute atomic E-state index is 0.0374. The van der Waals surface area contributed by atoms with Crippen LogP contribution in [0, 0.1) is 6.92 Å². The van der Waals surface area contributed by atoms with Gasteiger partial charge in [0.25, 0.3) is 0 Å². The molecule has 1 aliphatic heterocycles. The summed E-state index contributed by atoms with van der Waals surface area (Å²) in [4.78, 5) is 19.1. The van der Waals surface area contributed by atoms with Gasteiger partial charge >= 0.3 is 0 Å². The van der Waals surface area contributed by atoms with Crippen molar-refractivity contribution in [3.8, 4) is 16.9 Å². The second-order valence-electron chi connectivity index (χ2n) is 8.37. The Balaban J connectivity index is 1.35. The van der Waals surface area contributed by atoms with Crippen molar-refractivity contribution in [1.82, 2.24) is 15.2 Å². The average molecular weight is 446 g/mol. The Morgan fingerprint density at radius 3 is 2.58 bits per heavy atom. The molecule has 1 N–H and O–H groups in total. The number of methoxy groups -OCH3 is 1. The number of pyridine rings is 1. The SMILES string of the molecule is COCC(Oc1ccc(-c2ccc(CC(=O)NCc3ccccc3)nc2)c(C)c1)N1CCC1. The monoisotopic (exact) mass is 445 g/mol. The van der Waals surface area contributed by atoms with E-state index in [0.29, 0.717) is 13.2 Å². The Morgan fingerprint density at radius 2 is 1.94 bits per heavy atom. The van der Waals surface area contributed by atoms with Gasteiger partial charge in [-0.1, -0.05) is 42.5 Å². The van der Waals surface area contributed by atoms with Crippen LogP contribution in [0.4, 0.5) is 0 Å². The molecule has 4 rings (SSSR count). The maximum absolute atomic E-state index is 12.3. The Kier molecular flexibility index (Phi) is 7.70. The van der Waals surface area contributed by atoms with E-state index in [-0.39, 0.29) is 18.6 Å². The van der Waals surface area contributed by atoms with Crippen LogP contribution in [-0.2, 0) is 22.5 Å². The van der Waals surface area contributed by atoms with Gasteiger partial charge in [-0.25, -0.2) is 0 Å². The minimum atomic E-state index is -0.0528. The van der Waals surface area contributed by atoms with Crippen molar-refractivity contribution in [2.45, 2.75) is 32.5 Å². The summed E-state index contributed by atoms with van der Waals surface area (Å²) >= 11 is 0. The third-order valence-corrected chi connectivity index (χ3v) is 5.89. The summed E-state index contributed by atoms with van der Waals surface area (Å²) < 4.78 is 11.5. The van der Waals surface area contributed by atoms with Gasteiger partial charge in [0.2, 0.25) is 5.91 Å². The third kappa shape index (κ3) is 6.18. The molecule has 2 aromatic carbocycles. The maximum atomic E-state index is 12.3. The molecule has 1 atom stereocenters. The molecular formula is C27H31N3O3. The number of likely N-dealkylation sites (tertiary alicyclic amines) is 1. The molecule has 0 saturated carbocycles. The van der Waals surface area contributed by atoms with Crippen LogP contribution in [0.1, 0.15) is 23.2 Å². The Labute approximate surface area is 195 Å². The molecule has 0 spiro atoms. The van der Waals surface area contributed by atoms with Gasteiger partial charge in [-0.15, -0.1) is 0 Å². The van der Waals surface area contributed by atoms with E-state index in [9.17, 15) is 4.79 Å². The highest BCUT2D eigenvalue weighted by Gasteiger charge is 2.25. The number of nitrogens with zero attached hydrogens (tertiary/aromatic N) is 2. The van der Waals surface area contributed by atoms with Gasteiger partial charge in [-0.3, -0.25) is 14.7 Å². The maximum Gasteiger partial charge on any atom is 0.226 e. The van der Waals surface area contributed by atoms with E-state index in [1.807, 2.05) is 54.7 Å². The first-order valence-corrected chi connectivity index (χ1v) is 11.4. The molecule has 172 valence electrons. The molecule has 1 aliphatic rings. The van der Waals surface area contributed by atoms with Gasteiger partial charge in [-0.05, 0) is 48.2 Å². The number of hydrogen-bond donors (Lipinski definition) is 1. The van der Waals surface area contributed by atoms with Gasteiger partial charge in [0, 0.05) is 44.2 Å². The van der Waals surface area contributed by atoms with Gasteiger partial charge < -0.3 is 14.8 Å². The number of benzene rings is 2. The summed E-state index contributed by atoms with van der Waals surface area (Å²) in [6, 6.07) is 19.9. The highest BCUT2D eigenvalue weighted by Crippen LogP contribution is 2.28. The number of amides is 1. The first-order valence-electron chi connectivity index (χ1n) is 11.4. The molecule has 3 aromatic rings. The summed E-state index contributed by atoms with van der Waals surface area (Å²) in [5.41, 5.74) is 5.06. The fourth-order valence-electron chi connectivity index (χ4n) is 3.89. The van der Waals surface area contributed by atoms with Crippen molar-refractivity contribution in [3.63, 3.8) is 0 Å². The van der Waals surface area contributed by atoms with Crippen LogP contribution in [-0.4, -0.2) is 48.8 Å². The molecule has 1 aromatic heterocycles. The molecule has 33 heavy (non-hydrogen) atoms. The van der Waals surface area contributed by atoms with E-state index in [1.54, 1.807) is 7.11 Å². The van der Waals surface area contributed by atoms with Crippen molar-refractivity contribution < 1.29 is 14.3 Å². The quantitative estimate of drug-likeness (QED) is 0.512. The van der Waals surface area contributed by atoms with Crippen molar-refractivity contribution in [3.05, 3.63) is 83.7 Å². The highest BCUT2D eigenvalue weighted by atomic mass is 16.5. The third-order valence-electron chi connectivity index (χ3n) is 5.89. The summed E-state index contributed by atoms with van der Waals surface area (Å²) in [7, 11) is 1.70. The summed E-state index contributed by atoms with van der Waals surface area (Å²) in [5.74, 6) is 0.800. The summed E-state index contributed by atoms with van der Waals surface area (Å²) in [5, 5.41) is 2.94. The van der Waals surface area contributed by atoms with Crippen LogP contribution in [0.15, 0.2) is 66.9 Å². The molecule has 0 aliphatic carbocycles. The van der Waals surface area contributed by atoms with Gasteiger partial charge in [0.15, 0.2) is 6.23 Å². The van der Waals surface area contributed by atoms with Crippen LogP contribution < -0.4 is 10.1 Å². The highest BCUT2D eigenvalue weighted by molar-refractivity contribution is 5.78. The lowest BCUT2D eigenvalue weighted by atomic mass is 10.0. The number of carbonyl (C=O) groups is 1. The summed E-state index contributed by atoms with van der Waals surface area (Å²) in [6.07, 6.45) is 3.24. The standard InChI is InChI=1S/C27H31N3O3/c1-20-15-24(33-27(19-32-2)30-13-6-14-30)11-12-25(20)22-9-10-23(28-18-22)16-26(31)29-17-21-7-4-3-5-8-21/h3-5,7-12,15,18,27H,6,13-14,16-17,19H2,1-2H3,(H,29,31). The Morgan fingerprint density at radius 1 is 1.12 bits per heavy atom. The Bertz CT molecular complexity index is 1050. The molecule has 6 heteroatoms. The number of carbonyl (C=O) groups excluding carboxylic acids is 1. The molecule has 0 radical (unpaired) electrons. The largest absolute Gasteiger partial charge is 0.473 e. The smallest absolute Gasteiger partial charge is 0.226 e. The second kappa shape index (κ2) is 11.1. The minimum Gasteiger partial charge on any atom is -0.473 e. The fourth-order valence-corrected chi connectivity index (χ4v) is 3.89. The number of ether oxygens (including phenoxy) is 2. The van der Waals surface area contributed by atoms with Crippen LogP contribution in [0.25, 0.3) is 11.1 Å². The molecule has 1 unspecified atom stereocenters. The zero-order chi connectivity index (χ0) is 23.0. The van der Waals surface area contributed by atoms with Crippen molar-refractivity contribution in [2.24, 2.45) is 0 Å². The number of rotatable bonds is 10. The zero-order valence-electron chi connectivity index (χ0n) is 19.3. The molecular weight excluding hydrogens is 414 g/mol. The molecule has 6 nitrogen and oxygen atoms in total. The molecule has 1 saturated heterocycles. The van der Waals surface area contributed by atoms with Crippen LogP contribution in [0.2, 0.25) is 0 Å². The second-order valence-corrected chi connectivity index (χ2v) is 8.37. The van der Waals surface area contributed by atoms with E-state index < -0.39 is 0 Å². The van der Waals surface area contributed by atoms with E-state index in [0.717, 1.165) is 46.8 Å². The predicted octanol–water partition coefficient (Wildman–Crippen LogP) is 3.97. The van der Waals surface area contributed by atoms with Gasteiger partial charge in [0.05, 0.1) is 13.0 Å². The first-order chi connectivity index (χ1) is 16.1. The van der Waals surface area contributed by atoms with E-state index in [1.165, 1.54) is 6.42 Å². The van der Waals surface area contributed by atoms with E-state index in [2.05, 4.69) is 34.3 Å². The van der Waals surface area contributed by atoms with Crippen molar-refractivity contribution in [1.29, 1.82) is 0 Å². The lowest BCUT2D eigenvalue weighted by Crippen LogP contribution is -2.50. The number of nitrogens with one attached hydrogen (secondary N) is 1.